The summed E-state index contributed by atoms with van der Waals surface area (Å²) in [5, 5.41) is 12.8. The van der Waals surface area contributed by atoms with Crippen LogP contribution in [0, 0.1) is 17.2 Å². The van der Waals surface area contributed by atoms with E-state index in [4.69, 9.17) is 15.7 Å². The molecular weight excluding hydrogens is 322 g/mol. The number of aromatic nitrogens is 2. The first-order chi connectivity index (χ1) is 12.0. The fraction of sp³-hybridized carbons (Fsp3) is 0.294. The molecule has 3 rings (SSSR count). The second kappa shape index (κ2) is 6.65. The summed E-state index contributed by atoms with van der Waals surface area (Å²) in [6.45, 7) is 0.718. The largest absolute Gasteiger partial charge is 0.497 e. The highest BCUT2D eigenvalue weighted by atomic mass is 16.5. The predicted molar refractivity (Wildman–Crippen MR) is 88.5 cm³/mol. The molecule has 1 atom stereocenters. The molecule has 0 bridgehead atoms. The molecule has 8 heteroatoms. The number of benzene rings is 1. The summed E-state index contributed by atoms with van der Waals surface area (Å²) >= 11 is 0. The number of rotatable bonds is 4. The minimum absolute atomic E-state index is 0.00792. The minimum atomic E-state index is -0.528. The third kappa shape index (κ3) is 3.17. The second-order valence-corrected chi connectivity index (χ2v) is 5.83. The highest BCUT2D eigenvalue weighted by molar-refractivity contribution is 5.91. The lowest BCUT2D eigenvalue weighted by atomic mass is 10.1. The number of hydrogen-bond donors (Lipinski definition) is 1. The number of nitrogen functional groups attached to an aromatic ring is 1. The van der Waals surface area contributed by atoms with Crippen molar-refractivity contribution in [1.82, 2.24) is 14.7 Å². The van der Waals surface area contributed by atoms with Crippen molar-refractivity contribution in [2.45, 2.75) is 13.0 Å². The Hall–Kier alpha value is -3.34. The highest BCUT2D eigenvalue weighted by Crippen LogP contribution is 2.24. The van der Waals surface area contributed by atoms with Crippen molar-refractivity contribution in [2.75, 3.05) is 19.4 Å². The number of carbonyl (C=O) groups excluding carboxylic acids is 2. The van der Waals surface area contributed by atoms with Crippen LogP contribution < -0.4 is 10.5 Å². The van der Waals surface area contributed by atoms with E-state index in [1.54, 1.807) is 12.0 Å². The quantitative estimate of drug-likeness (QED) is 0.890. The van der Waals surface area contributed by atoms with E-state index < -0.39 is 5.92 Å². The Labute approximate surface area is 144 Å². The van der Waals surface area contributed by atoms with Gasteiger partial charge in [0.05, 0.1) is 19.2 Å². The van der Waals surface area contributed by atoms with E-state index in [9.17, 15) is 9.59 Å². The van der Waals surface area contributed by atoms with Gasteiger partial charge in [0.15, 0.2) is 0 Å². The summed E-state index contributed by atoms with van der Waals surface area (Å²) in [6, 6.07) is 9.29. The van der Waals surface area contributed by atoms with Crippen LogP contribution in [0.2, 0.25) is 0 Å². The molecule has 8 nitrogen and oxygen atoms in total. The smallest absolute Gasteiger partial charge is 0.254 e. The van der Waals surface area contributed by atoms with Crippen molar-refractivity contribution in [3.05, 3.63) is 41.6 Å². The monoisotopic (exact) mass is 339 g/mol. The summed E-state index contributed by atoms with van der Waals surface area (Å²) in [7, 11) is 1.59. The summed E-state index contributed by atoms with van der Waals surface area (Å²) in [5.74, 6) is -0.245. The molecule has 1 aliphatic heterocycles. The number of methoxy groups -OCH3 is 1. The van der Waals surface area contributed by atoms with Gasteiger partial charge in [-0.3, -0.25) is 9.59 Å². The molecule has 2 heterocycles. The van der Waals surface area contributed by atoms with E-state index in [1.807, 2.05) is 30.3 Å². The number of nitriles is 1. The van der Waals surface area contributed by atoms with Gasteiger partial charge in [0.2, 0.25) is 5.91 Å². The van der Waals surface area contributed by atoms with Gasteiger partial charge in [-0.05, 0) is 17.7 Å². The summed E-state index contributed by atoms with van der Waals surface area (Å²) in [5.41, 5.74) is 6.85. The van der Waals surface area contributed by atoms with Gasteiger partial charge >= 0.3 is 0 Å². The van der Waals surface area contributed by atoms with E-state index in [1.165, 1.54) is 6.20 Å². The molecule has 1 aromatic carbocycles. The van der Waals surface area contributed by atoms with Gasteiger partial charge < -0.3 is 15.4 Å². The standard InChI is InChI=1S/C17H17N5O3/c1-25-14-4-2-11(3-5-14)9-21-10-12(6-15(21)23)17(24)22-16(19)13(7-18)8-20-22/h2-5,8,12H,6,9-10,19H2,1H3/t12-/m0/s1. The number of likely N-dealkylation sites (tertiary alicyclic amines) is 1. The van der Waals surface area contributed by atoms with E-state index in [-0.39, 0.29) is 29.6 Å². The Morgan fingerprint density at radius 2 is 2.16 bits per heavy atom. The zero-order valence-electron chi connectivity index (χ0n) is 13.7. The zero-order chi connectivity index (χ0) is 18.0. The SMILES string of the molecule is COc1ccc(CN2C[C@@H](C(=O)n3ncc(C#N)c3N)CC2=O)cc1. The first-order valence-corrected chi connectivity index (χ1v) is 7.72. The van der Waals surface area contributed by atoms with Crippen molar-refractivity contribution in [1.29, 1.82) is 5.26 Å². The lowest BCUT2D eigenvalue weighted by Crippen LogP contribution is -2.28. The molecule has 1 aliphatic rings. The maximum Gasteiger partial charge on any atom is 0.254 e. The van der Waals surface area contributed by atoms with Crippen LogP contribution in [0.5, 0.6) is 5.75 Å². The first kappa shape index (κ1) is 16.5. The summed E-state index contributed by atoms with van der Waals surface area (Å²) in [6.07, 6.45) is 1.36. The topological polar surface area (TPSA) is 114 Å². The molecule has 128 valence electrons. The van der Waals surface area contributed by atoms with Gasteiger partial charge in [-0.25, -0.2) is 0 Å². The van der Waals surface area contributed by atoms with Crippen LogP contribution in [0.25, 0.3) is 0 Å². The normalized spacial score (nSPS) is 16.7. The van der Waals surface area contributed by atoms with Crippen molar-refractivity contribution < 1.29 is 14.3 Å². The number of nitrogens with zero attached hydrogens (tertiary/aromatic N) is 4. The Morgan fingerprint density at radius 3 is 2.76 bits per heavy atom. The lowest BCUT2D eigenvalue weighted by Gasteiger charge is -2.16. The summed E-state index contributed by atoms with van der Waals surface area (Å²) < 4.78 is 6.12. The Balaban J connectivity index is 1.70. The molecule has 1 saturated heterocycles. The van der Waals surface area contributed by atoms with E-state index >= 15 is 0 Å². The molecule has 2 N–H and O–H groups in total. The number of anilines is 1. The molecule has 25 heavy (non-hydrogen) atoms. The van der Waals surface area contributed by atoms with Crippen molar-refractivity contribution in [3.8, 4) is 11.8 Å². The van der Waals surface area contributed by atoms with Crippen LogP contribution in [0.1, 0.15) is 22.3 Å². The van der Waals surface area contributed by atoms with Gasteiger partial charge in [0, 0.05) is 19.5 Å². The van der Waals surface area contributed by atoms with E-state index in [2.05, 4.69) is 5.10 Å². The van der Waals surface area contributed by atoms with Gasteiger partial charge in [-0.1, -0.05) is 12.1 Å². The van der Waals surface area contributed by atoms with Crippen LogP contribution in [-0.2, 0) is 11.3 Å². The number of amides is 1. The van der Waals surface area contributed by atoms with Crippen LogP contribution in [0.3, 0.4) is 0 Å². The molecule has 2 aromatic rings. The third-order valence-electron chi connectivity index (χ3n) is 4.23. The maximum atomic E-state index is 12.5. The van der Waals surface area contributed by atoms with Gasteiger partial charge in [-0.2, -0.15) is 15.0 Å². The van der Waals surface area contributed by atoms with Gasteiger partial charge in [-0.15, -0.1) is 0 Å². The van der Waals surface area contributed by atoms with Crippen LogP contribution in [0.15, 0.2) is 30.5 Å². The van der Waals surface area contributed by atoms with E-state index in [0.29, 0.717) is 13.1 Å². The van der Waals surface area contributed by atoms with Crippen LogP contribution in [-0.4, -0.2) is 40.1 Å². The Kier molecular flexibility index (Phi) is 4.39. The third-order valence-corrected chi connectivity index (χ3v) is 4.23. The molecule has 1 aromatic heterocycles. The second-order valence-electron chi connectivity index (χ2n) is 5.83. The highest BCUT2D eigenvalue weighted by Gasteiger charge is 2.36. The Morgan fingerprint density at radius 1 is 1.44 bits per heavy atom. The van der Waals surface area contributed by atoms with Crippen molar-refractivity contribution >= 4 is 17.6 Å². The van der Waals surface area contributed by atoms with E-state index in [0.717, 1.165) is 16.0 Å². The molecule has 0 saturated carbocycles. The minimum Gasteiger partial charge on any atom is -0.497 e. The van der Waals surface area contributed by atoms with Crippen LogP contribution >= 0.6 is 0 Å². The summed E-state index contributed by atoms with van der Waals surface area (Å²) in [4.78, 5) is 26.4. The predicted octanol–water partition coefficient (Wildman–Crippen LogP) is 1.03. The molecule has 1 amide bonds. The van der Waals surface area contributed by atoms with Gasteiger partial charge in [0.25, 0.3) is 5.91 Å². The maximum absolute atomic E-state index is 12.5. The Bertz CT molecular complexity index is 850. The molecule has 0 radical (unpaired) electrons. The zero-order valence-corrected chi connectivity index (χ0v) is 13.7. The fourth-order valence-corrected chi connectivity index (χ4v) is 2.83. The van der Waals surface area contributed by atoms with Crippen molar-refractivity contribution in [3.63, 3.8) is 0 Å². The molecular formula is C17H17N5O3. The number of hydrogen-bond acceptors (Lipinski definition) is 6. The van der Waals surface area contributed by atoms with Gasteiger partial charge in [0.1, 0.15) is 23.2 Å². The molecule has 0 spiro atoms. The van der Waals surface area contributed by atoms with Crippen molar-refractivity contribution in [2.24, 2.45) is 5.92 Å². The number of ether oxygens (including phenoxy) is 1. The molecule has 0 unspecified atom stereocenters. The first-order valence-electron chi connectivity index (χ1n) is 7.72. The average molecular weight is 339 g/mol. The number of carbonyl (C=O) groups is 2. The lowest BCUT2D eigenvalue weighted by molar-refractivity contribution is -0.128. The average Bonchev–Trinajstić information content (AvgIpc) is 3.18. The van der Waals surface area contributed by atoms with Crippen LogP contribution in [0.4, 0.5) is 5.82 Å². The molecule has 1 fully saturated rings. The molecule has 0 aliphatic carbocycles. The fourth-order valence-electron chi connectivity index (χ4n) is 2.83. The number of nitrogens with two attached hydrogens (primary N) is 1.